The number of benzene rings is 1. The van der Waals surface area contributed by atoms with E-state index in [2.05, 4.69) is 42.7 Å². The highest BCUT2D eigenvalue weighted by atomic mass is 32.2. The number of likely N-dealkylation sites (tertiary alicyclic amines) is 1. The second-order valence-electron chi connectivity index (χ2n) is 9.32. The third-order valence-electron chi connectivity index (χ3n) is 6.83. The zero-order valence-corrected chi connectivity index (χ0v) is 21.7. The number of rotatable bonds is 12. The molecule has 8 nitrogen and oxygen atoms in total. The average molecular weight is 504 g/mol. The summed E-state index contributed by atoms with van der Waals surface area (Å²) >= 11 is 1.50. The van der Waals surface area contributed by atoms with Gasteiger partial charge in [-0.2, -0.15) is 15.0 Å². The van der Waals surface area contributed by atoms with Crippen LogP contribution in [0.5, 0.6) is 5.75 Å². The molecule has 1 saturated heterocycles. The molecule has 192 valence electrons. The first kappa shape index (κ1) is 25.8. The van der Waals surface area contributed by atoms with Crippen LogP contribution in [0.15, 0.2) is 18.2 Å². The number of nitrogens with zero attached hydrogens (tertiary/aromatic N) is 4. The van der Waals surface area contributed by atoms with Gasteiger partial charge in [0.2, 0.25) is 17.8 Å². The maximum atomic E-state index is 14.5. The third kappa shape index (κ3) is 7.57. The van der Waals surface area contributed by atoms with Gasteiger partial charge in [0.15, 0.2) is 11.6 Å². The molecule has 1 aliphatic carbocycles. The summed E-state index contributed by atoms with van der Waals surface area (Å²) in [5, 5.41) is 9.98. The molecule has 35 heavy (non-hydrogen) atoms. The van der Waals surface area contributed by atoms with Crippen LogP contribution in [0.4, 0.5) is 27.9 Å². The molecule has 2 aliphatic rings. The molecule has 2 heterocycles. The number of aromatic nitrogens is 3. The van der Waals surface area contributed by atoms with Crippen molar-refractivity contribution in [2.24, 2.45) is 5.92 Å². The molecule has 1 aliphatic heterocycles. The minimum absolute atomic E-state index is 0.231. The van der Waals surface area contributed by atoms with E-state index in [0.29, 0.717) is 41.4 Å². The minimum Gasteiger partial charge on any atom is -0.480 e. The zero-order chi connectivity index (χ0) is 24.5. The minimum atomic E-state index is -0.423. The van der Waals surface area contributed by atoms with Crippen molar-refractivity contribution in [2.45, 2.75) is 57.9 Å². The fourth-order valence-electron chi connectivity index (χ4n) is 4.92. The van der Waals surface area contributed by atoms with E-state index in [0.717, 1.165) is 26.2 Å². The molecular formula is C25H38FN7OS. The quantitative estimate of drug-likeness (QED) is 0.332. The molecule has 0 bridgehead atoms. The number of anilines is 4. The Labute approximate surface area is 212 Å². The number of ether oxygens (including phenoxy) is 1. The molecule has 0 spiro atoms. The van der Waals surface area contributed by atoms with Gasteiger partial charge in [-0.25, -0.2) is 4.39 Å². The van der Waals surface area contributed by atoms with Gasteiger partial charge in [0.1, 0.15) is 5.94 Å². The van der Waals surface area contributed by atoms with Crippen molar-refractivity contribution < 1.29 is 9.13 Å². The average Bonchev–Trinajstić information content (AvgIpc) is 3.34. The lowest BCUT2D eigenvalue weighted by Crippen LogP contribution is -2.35. The van der Waals surface area contributed by atoms with Gasteiger partial charge in [-0.15, -0.1) is 11.8 Å². The summed E-state index contributed by atoms with van der Waals surface area (Å²) in [6.07, 6.45) is 10.7. The van der Waals surface area contributed by atoms with Gasteiger partial charge in [-0.1, -0.05) is 26.2 Å². The Kier molecular flexibility index (Phi) is 9.65. The van der Waals surface area contributed by atoms with Gasteiger partial charge < -0.3 is 20.7 Å². The molecule has 1 unspecified atom stereocenters. The Balaban J connectivity index is 1.46. The van der Waals surface area contributed by atoms with Crippen LogP contribution in [0.2, 0.25) is 0 Å². The number of halogens is 1. The van der Waals surface area contributed by atoms with Crippen LogP contribution >= 0.6 is 11.8 Å². The highest BCUT2D eigenvalue weighted by Crippen LogP contribution is 2.26. The molecular weight excluding hydrogens is 465 g/mol. The molecule has 1 aromatic carbocycles. The summed E-state index contributed by atoms with van der Waals surface area (Å²) in [7, 11) is 0. The molecule has 3 N–H and O–H groups in total. The van der Waals surface area contributed by atoms with Crippen molar-refractivity contribution in [3.8, 4) is 5.75 Å². The standard InChI is InChI=1S/C25H38FN7OS/c1-3-33-13-7-10-20(33)16-28-24-30-23(27-15-18-8-5-4-6-9-18)31-25(32-24)29-19-11-12-22(21(26)14-19)34-17-35-2/h11-12,14,18,20H,3-10,13,15-17H2,1-2H3,(H3,27,28,29,30,31,32). The lowest BCUT2D eigenvalue weighted by molar-refractivity contribution is 0.277. The lowest BCUT2D eigenvalue weighted by Gasteiger charge is -2.23. The van der Waals surface area contributed by atoms with Crippen molar-refractivity contribution in [3.63, 3.8) is 0 Å². The van der Waals surface area contributed by atoms with Crippen LogP contribution in [0.25, 0.3) is 0 Å². The maximum Gasteiger partial charge on any atom is 0.233 e. The number of likely N-dealkylation sites (N-methyl/N-ethyl adjacent to an activating group) is 1. The van der Waals surface area contributed by atoms with E-state index in [1.165, 1.54) is 62.8 Å². The maximum absolute atomic E-state index is 14.5. The van der Waals surface area contributed by atoms with Crippen LogP contribution in [-0.4, -0.2) is 64.3 Å². The van der Waals surface area contributed by atoms with Crippen molar-refractivity contribution in [3.05, 3.63) is 24.0 Å². The predicted octanol–water partition coefficient (Wildman–Crippen LogP) is 5.34. The van der Waals surface area contributed by atoms with E-state index in [1.54, 1.807) is 12.1 Å². The largest absolute Gasteiger partial charge is 0.480 e. The molecule has 1 atom stereocenters. The summed E-state index contributed by atoms with van der Waals surface area (Å²) in [6.45, 7) is 6.03. The van der Waals surface area contributed by atoms with Gasteiger partial charge in [-0.3, -0.25) is 4.90 Å². The van der Waals surface area contributed by atoms with Crippen LogP contribution in [0.3, 0.4) is 0 Å². The van der Waals surface area contributed by atoms with E-state index < -0.39 is 5.82 Å². The van der Waals surface area contributed by atoms with Crippen molar-refractivity contribution in [1.29, 1.82) is 0 Å². The molecule has 1 saturated carbocycles. The predicted molar refractivity (Wildman–Crippen MR) is 142 cm³/mol. The lowest BCUT2D eigenvalue weighted by atomic mass is 9.89. The van der Waals surface area contributed by atoms with Crippen molar-refractivity contribution >= 4 is 35.3 Å². The van der Waals surface area contributed by atoms with Crippen molar-refractivity contribution in [2.75, 3.05) is 54.3 Å². The Morgan fingerprint density at radius 2 is 1.74 bits per heavy atom. The molecule has 2 aromatic rings. The van der Waals surface area contributed by atoms with E-state index >= 15 is 0 Å². The summed E-state index contributed by atoms with van der Waals surface area (Å²) in [6, 6.07) is 5.27. The van der Waals surface area contributed by atoms with Crippen molar-refractivity contribution in [1.82, 2.24) is 19.9 Å². The first-order valence-corrected chi connectivity index (χ1v) is 14.2. The Bertz CT molecular complexity index is 944. The Morgan fingerprint density at radius 3 is 2.46 bits per heavy atom. The fourth-order valence-corrected chi connectivity index (χ4v) is 5.16. The molecule has 2 fully saturated rings. The fraction of sp³-hybridized carbons (Fsp3) is 0.640. The third-order valence-corrected chi connectivity index (χ3v) is 7.18. The Hall–Kier alpha value is -2.33. The number of hydrogen-bond acceptors (Lipinski definition) is 9. The number of thioether (sulfide) groups is 1. The van der Waals surface area contributed by atoms with Crippen LogP contribution in [-0.2, 0) is 0 Å². The van der Waals surface area contributed by atoms with E-state index in [1.807, 2.05) is 6.26 Å². The second-order valence-corrected chi connectivity index (χ2v) is 10.1. The van der Waals surface area contributed by atoms with Crippen LogP contribution < -0.4 is 20.7 Å². The summed E-state index contributed by atoms with van der Waals surface area (Å²) in [4.78, 5) is 16.3. The van der Waals surface area contributed by atoms with Gasteiger partial charge in [0.05, 0.1) is 0 Å². The summed E-state index contributed by atoms with van der Waals surface area (Å²) in [5.74, 6) is 2.30. The van der Waals surface area contributed by atoms with E-state index in [9.17, 15) is 4.39 Å². The number of nitrogens with one attached hydrogen (secondary N) is 3. The summed E-state index contributed by atoms with van der Waals surface area (Å²) < 4.78 is 19.9. The van der Waals surface area contributed by atoms with E-state index in [-0.39, 0.29) is 5.75 Å². The molecule has 1 aromatic heterocycles. The SMILES string of the molecule is CCN1CCCC1CNc1nc(NCC2CCCCC2)nc(Nc2ccc(OCSC)c(F)c2)n1. The topological polar surface area (TPSA) is 87.2 Å². The zero-order valence-electron chi connectivity index (χ0n) is 20.9. The van der Waals surface area contributed by atoms with Crippen LogP contribution in [0, 0.1) is 11.7 Å². The first-order valence-electron chi connectivity index (χ1n) is 12.8. The monoisotopic (exact) mass is 503 g/mol. The highest BCUT2D eigenvalue weighted by molar-refractivity contribution is 7.98. The van der Waals surface area contributed by atoms with Gasteiger partial charge >= 0.3 is 0 Å². The first-order chi connectivity index (χ1) is 17.1. The van der Waals surface area contributed by atoms with Gasteiger partial charge in [0.25, 0.3) is 0 Å². The van der Waals surface area contributed by atoms with Gasteiger partial charge in [-0.05, 0) is 63.1 Å². The molecule has 4 rings (SSSR count). The Morgan fingerprint density at radius 1 is 1.00 bits per heavy atom. The highest BCUT2D eigenvalue weighted by Gasteiger charge is 2.23. The number of hydrogen-bond donors (Lipinski definition) is 3. The smallest absolute Gasteiger partial charge is 0.233 e. The van der Waals surface area contributed by atoms with Crippen LogP contribution in [0.1, 0.15) is 51.9 Å². The van der Waals surface area contributed by atoms with E-state index in [4.69, 9.17) is 4.74 Å². The molecule has 10 heteroatoms. The normalized spacial score (nSPS) is 19.0. The summed E-state index contributed by atoms with van der Waals surface area (Å²) in [5.41, 5.74) is 0.558. The molecule has 0 amide bonds. The van der Waals surface area contributed by atoms with Gasteiger partial charge in [0, 0.05) is 30.9 Å². The molecule has 0 radical (unpaired) electrons. The second kappa shape index (κ2) is 13.1.